The zero-order chi connectivity index (χ0) is 30.3. The number of amides is 3. The largest absolute Gasteiger partial charge is 0.465 e. The topological polar surface area (TPSA) is 123 Å². The maximum Gasteiger partial charge on any atom is 0.407 e. The Morgan fingerprint density at radius 1 is 1.00 bits per heavy atom. The molecule has 5 rings (SSSR count). The molecule has 228 valence electrons. The van der Waals surface area contributed by atoms with Crippen LogP contribution >= 0.6 is 23.2 Å². The number of hydrogen-bond donors (Lipinski definition) is 3. The average Bonchev–Trinajstić information content (AvgIpc) is 3.00. The minimum absolute atomic E-state index is 0.149. The minimum atomic E-state index is -0.898. The number of pyridine rings is 2. The third-order valence-corrected chi connectivity index (χ3v) is 8.17. The van der Waals surface area contributed by atoms with E-state index in [1.165, 1.54) is 4.90 Å². The normalized spacial score (nSPS) is 16.2. The Labute approximate surface area is 260 Å². The number of nitrogens with one attached hydrogen (secondary N) is 2. The molecule has 2 aliphatic rings. The number of ether oxygens (including phenoxy) is 1. The number of piperidine rings is 1. The number of carbonyl (C=O) groups is 2. The molecule has 43 heavy (non-hydrogen) atoms. The Bertz CT molecular complexity index is 1410. The number of benzene rings is 1. The number of carboxylic acid groups (broad SMARTS) is 1. The third kappa shape index (κ3) is 8.40. The number of carbonyl (C=O) groups excluding carboxylic acids is 1. The predicted octanol–water partition coefficient (Wildman–Crippen LogP) is 5.18. The van der Waals surface area contributed by atoms with Gasteiger partial charge >= 0.3 is 12.1 Å². The fourth-order valence-electron chi connectivity index (χ4n) is 5.35. The highest BCUT2D eigenvalue weighted by Gasteiger charge is 2.22. The molecular weight excluding hydrogens is 593 g/mol. The van der Waals surface area contributed by atoms with Crippen LogP contribution in [-0.2, 0) is 6.54 Å². The number of piperazine rings is 1. The van der Waals surface area contributed by atoms with E-state index < -0.39 is 6.09 Å². The summed E-state index contributed by atoms with van der Waals surface area (Å²) < 4.78 is 6.20. The molecule has 2 aromatic heterocycles. The molecule has 0 aliphatic carbocycles. The molecule has 13 heteroatoms. The van der Waals surface area contributed by atoms with Crippen LogP contribution in [0.4, 0.5) is 15.4 Å². The first-order chi connectivity index (χ1) is 20.7. The van der Waals surface area contributed by atoms with E-state index in [1.807, 2.05) is 36.4 Å². The molecule has 2 fully saturated rings. The predicted molar refractivity (Wildman–Crippen MR) is 166 cm³/mol. The Hall–Kier alpha value is -3.80. The van der Waals surface area contributed by atoms with E-state index in [4.69, 9.17) is 32.9 Å². The van der Waals surface area contributed by atoms with Crippen molar-refractivity contribution >= 4 is 41.1 Å². The first-order valence-electron chi connectivity index (χ1n) is 14.3. The number of hydrogen-bond acceptors (Lipinski definition) is 7. The van der Waals surface area contributed by atoms with Gasteiger partial charge in [0.1, 0.15) is 11.6 Å². The molecule has 0 saturated carbocycles. The molecule has 4 heterocycles. The fraction of sp³-hybridized carbons (Fsp3) is 0.400. The minimum Gasteiger partial charge on any atom is -0.465 e. The quantitative estimate of drug-likeness (QED) is 0.312. The summed E-state index contributed by atoms with van der Waals surface area (Å²) >= 11 is 12.6. The van der Waals surface area contributed by atoms with Crippen molar-refractivity contribution in [1.82, 2.24) is 30.4 Å². The first kappa shape index (κ1) is 30.7. The number of anilines is 1. The molecule has 0 bridgehead atoms. The molecule has 3 amide bonds. The van der Waals surface area contributed by atoms with E-state index >= 15 is 0 Å². The van der Waals surface area contributed by atoms with Gasteiger partial charge in [-0.05, 0) is 73.8 Å². The summed E-state index contributed by atoms with van der Waals surface area (Å²) in [6.45, 7) is 5.26. The van der Waals surface area contributed by atoms with Gasteiger partial charge in [0.05, 0.1) is 11.9 Å². The molecule has 0 spiro atoms. The second kappa shape index (κ2) is 14.1. The van der Waals surface area contributed by atoms with E-state index in [1.54, 1.807) is 19.3 Å². The van der Waals surface area contributed by atoms with Crippen molar-refractivity contribution in [3.8, 4) is 22.9 Å². The summed E-state index contributed by atoms with van der Waals surface area (Å²) in [5.41, 5.74) is 2.53. The first-order valence-corrected chi connectivity index (χ1v) is 15.0. The van der Waals surface area contributed by atoms with Gasteiger partial charge in [0.2, 0.25) is 5.88 Å². The lowest BCUT2D eigenvalue weighted by Crippen LogP contribution is -2.48. The molecule has 2 saturated heterocycles. The van der Waals surface area contributed by atoms with Gasteiger partial charge in [-0.1, -0.05) is 23.2 Å². The van der Waals surface area contributed by atoms with E-state index in [-0.39, 0.29) is 6.03 Å². The molecule has 0 unspecified atom stereocenters. The summed E-state index contributed by atoms with van der Waals surface area (Å²) in [6, 6.07) is 12.9. The number of nitrogens with zero attached hydrogens (tertiary/aromatic N) is 5. The zero-order valence-electron chi connectivity index (χ0n) is 23.9. The van der Waals surface area contributed by atoms with E-state index in [9.17, 15) is 14.7 Å². The van der Waals surface area contributed by atoms with Crippen LogP contribution in [0, 0.1) is 5.92 Å². The van der Waals surface area contributed by atoms with Gasteiger partial charge in [0.15, 0.2) is 0 Å². The molecule has 3 N–H and O–H groups in total. The van der Waals surface area contributed by atoms with Gasteiger partial charge in [-0.3, -0.25) is 4.90 Å². The fourth-order valence-corrected chi connectivity index (χ4v) is 5.88. The molecular formula is C30H35Cl2N7O4. The van der Waals surface area contributed by atoms with Gasteiger partial charge in [0.25, 0.3) is 0 Å². The van der Waals surface area contributed by atoms with Gasteiger partial charge in [0, 0.05) is 68.0 Å². The highest BCUT2D eigenvalue weighted by molar-refractivity contribution is 6.35. The number of aromatic nitrogens is 2. The van der Waals surface area contributed by atoms with Crippen LogP contribution in [0.2, 0.25) is 10.0 Å². The molecule has 3 aromatic rings. The molecule has 0 atom stereocenters. The monoisotopic (exact) mass is 627 g/mol. The Morgan fingerprint density at radius 2 is 1.72 bits per heavy atom. The number of halogens is 2. The molecule has 0 radical (unpaired) electrons. The molecule has 11 nitrogen and oxygen atoms in total. The number of likely N-dealkylation sites (tertiary alicyclic amines) is 1. The van der Waals surface area contributed by atoms with Gasteiger partial charge in [-0.2, -0.15) is 0 Å². The zero-order valence-corrected chi connectivity index (χ0v) is 25.4. The van der Waals surface area contributed by atoms with E-state index in [2.05, 4.69) is 25.4 Å². The molecule has 2 aliphatic heterocycles. The summed E-state index contributed by atoms with van der Waals surface area (Å²) in [6.07, 6.45) is 2.75. The van der Waals surface area contributed by atoms with Crippen LogP contribution in [0.25, 0.3) is 11.3 Å². The lowest BCUT2D eigenvalue weighted by molar-refractivity contribution is 0.142. The Kier molecular flexibility index (Phi) is 10.1. The summed E-state index contributed by atoms with van der Waals surface area (Å²) in [7, 11) is 1.62. The number of rotatable bonds is 8. The van der Waals surface area contributed by atoms with Crippen molar-refractivity contribution in [3.63, 3.8) is 0 Å². The Balaban J connectivity index is 1.29. The number of urea groups is 1. The molecule has 1 aromatic carbocycles. The van der Waals surface area contributed by atoms with Crippen molar-refractivity contribution in [2.24, 2.45) is 5.92 Å². The van der Waals surface area contributed by atoms with Gasteiger partial charge in [-0.15, -0.1) is 0 Å². The van der Waals surface area contributed by atoms with Crippen molar-refractivity contribution < 1.29 is 19.4 Å². The van der Waals surface area contributed by atoms with E-state index in [0.29, 0.717) is 66.0 Å². The van der Waals surface area contributed by atoms with Crippen LogP contribution in [-0.4, -0.2) is 89.9 Å². The second-order valence-electron chi connectivity index (χ2n) is 10.7. The van der Waals surface area contributed by atoms with Crippen LogP contribution < -0.4 is 20.3 Å². The van der Waals surface area contributed by atoms with Crippen LogP contribution in [0.5, 0.6) is 11.6 Å². The van der Waals surface area contributed by atoms with Crippen LogP contribution in [0.3, 0.4) is 0 Å². The average molecular weight is 629 g/mol. The van der Waals surface area contributed by atoms with Crippen molar-refractivity contribution in [3.05, 3.63) is 64.3 Å². The maximum atomic E-state index is 11.5. The smallest absolute Gasteiger partial charge is 0.407 e. The summed E-state index contributed by atoms with van der Waals surface area (Å²) in [4.78, 5) is 37.9. The summed E-state index contributed by atoms with van der Waals surface area (Å²) in [5.74, 6) is 2.18. The van der Waals surface area contributed by atoms with Gasteiger partial charge in [-0.25, -0.2) is 19.6 Å². The lowest BCUT2D eigenvalue weighted by atomic mass is 9.96. The van der Waals surface area contributed by atoms with Crippen LogP contribution in [0.15, 0.2) is 48.7 Å². The Morgan fingerprint density at radius 3 is 2.35 bits per heavy atom. The van der Waals surface area contributed by atoms with Crippen molar-refractivity contribution in [1.29, 1.82) is 0 Å². The SMILES string of the molecule is CNC(=O)NCC1CCN(Cc2cc(Oc3ccc(N4CCN(C(=O)O)CC4)nc3)nc(-c3cc(Cl)cc(Cl)c3)c2)CC1. The third-order valence-electron chi connectivity index (χ3n) is 7.73. The summed E-state index contributed by atoms with van der Waals surface area (Å²) in [5, 5.41) is 15.8. The maximum absolute atomic E-state index is 11.5. The lowest BCUT2D eigenvalue weighted by Gasteiger charge is -2.33. The highest BCUT2D eigenvalue weighted by Crippen LogP contribution is 2.31. The standard InChI is InChI=1S/C30H35Cl2N7O4/c1-33-29(40)35-17-20-4-6-37(7-5-20)19-21-12-26(22-14-23(31)16-24(32)15-22)36-28(13-21)43-25-2-3-27(34-18-25)38-8-10-39(11-9-38)30(41)42/h2-3,12-16,18,20H,4-11,17,19H2,1H3,(H,41,42)(H2,33,35,40). The van der Waals surface area contributed by atoms with E-state index in [0.717, 1.165) is 49.4 Å². The van der Waals surface area contributed by atoms with Crippen molar-refractivity contribution in [2.75, 3.05) is 57.8 Å². The van der Waals surface area contributed by atoms with Crippen LogP contribution in [0.1, 0.15) is 18.4 Å². The second-order valence-corrected chi connectivity index (χ2v) is 11.6. The highest BCUT2D eigenvalue weighted by atomic mass is 35.5. The van der Waals surface area contributed by atoms with Gasteiger partial charge < -0.3 is 30.3 Å². The van der Waals surface area contributed by atoms with Crippen molar-refractivity contribution in [2.45, 2.75) is 19.4 Å².